The topological polar surface area (TPSA) is 66.9 Å². The number of hydrogen-bond donors (Lipinski definition) is 1. The summed E-state index contributed by atoms with van der Waals surface area (Å²) in [5.41, 5.74) is 2.38. The number of benzene rings is 1. The fraction of sp³-hybridized carbons (Fsp3) is 0.556. The van der Waals surface area contributed by atoms with E-state index in [2.05, 4.69) is 32.2 Å². The molecule has 7 nitrogen and oxygen atoms in total. The first-order chi connectivity index (χ1) is 16.7. The van der Waals surface area contributed by atoms with Crippen molar-refractivity contribution in [2.45, 2.75) is 44.9 Å². The van der Waals surface area contributed by atoms with Gasteiger partial charge in [0.1, 0.15) is 5.75 Å². The first-order valence-electron chi connectivity index (χ1n) is 12.7. The van der Waals surface area contributed by atoms with E-state index in [1.807, 2.05) is 24.4 Å². The molecule has 4 rings (SSSR count). The van der Waals surface area contributed by atoms with Gasteiger partial charge in [-0.25, -0.2) is 9.78 Å². The predicted molar refractivity (Wildman–Crippen MR) is 142 cm³/mol. The van der Waals surface area contributed by atoms with Crippen LogP contribution in [0.5, 0.6) is 11.6 Å². The van der Waals surface area contributed by atoms with Gasteiger partial charge in [-0.1, -0.05) is 50.3 Å². The first kappa shape index (κ1) is 27.1. The summed E-state index contributed by atoms with van der Waals surface area (Å²) < 4.78 is 10.8. The van der Waals surface area contributed by atoms with Gasteiger partial charge in [0.25, 0.3) is 0 Å². The summed E-state index contributed by atoms with van der Waals surface area (Å²) in [4.78, 5) is 21.3. The van der Waals surface area contributed by atoms with Crippen molar-refractivity contribution in [1.29, 1.82) is 0 Å². The molecule has 2 fully saturated rings. The van der Waals surface area contributed by atoms with Crippen molar-refractivity contribution in [3.8, 4) is 11.6 Å². The van der Waals surface area contributed by atoms with Crippen molar-refractivity contribution < 1.29 is 14.3 Å². The number of carbonyl (C=O) groups excluding carboxylic acids is 1. The summed E-state index contributed by atoms with van der Waals surface area (Å²) in [6, 6.07) is 12.0. The first-order valence-corrected chi connectivity index (χ1v) is 12.7. The lowest BCUT2D eigenvalue weighted by Gasteiger charge is -2.36. The molecule has 1 saturated heterocycles. The van der Waals surface area contributed by atoms with Crippen LogP contribution in [-0.2, 0) is 6.42 Å². The number of rotatable bonds is 9. The van der Waals surface area contributed by atoms with Gasteiger partial charge in [0.2, 0.25) is 5.88 Å². The number of anilines is 1. The van der Waals surface area contributed by atoms with Crippen LogP contribution in [0.25, 0.3) is 0 Å². The van der Waals surface area contributed by atoms with Crippen LogP contribution >= 0.6 is 12.4 Å². The van der Waals surface area contributed by atoms with Gasteiger partial charge in [-0.3, -0.25) is 4.90 Å². The largest absolute Gasteiger partial charge is 0.495 e. The second-order valence-corrected chi connectivity index (χ2v) is 9.38. The average Bonchev–Trinajstić information content (AvgIpc) is 2.89. The van der Waals surface area contributed by atoms with Gasteiger partial charge in [-0.05, 0) is 43.0 Å². The van der Waals surface area contributed by atoms with Gasteiger partial charge in [0.05, 0.1) is 12.8 Å². The van der Waals surface area contributed by atoms with Crippen LogP contribution in [-0.4, -0.2) is 62.4 Å². The lowest BCUT2D eigenvalue weighted by atomic mass is 9.85. The lowest BCUT2D eigenvalue weighted by Crippen LogP contribution is -2.47. The molecule has 0 spiro atoms. The zero-order valence-electron chi connectivity index (χ0n) is 20.8. The summed E-state index contributed by atoms with van der Waals surface area (Å²) in [6.45, 7) is 5.48. The summed E-state index contributed by atoms with van der Waals surface area (Å²) >= 11 is 0. The number of ether oxygens (including phenoxy) is 2. The van der Waals surface area contributed by atoms with Crippen LogP contribution in [0.4, 0.5) is 10.5 Å². The quantitative estimate of drug-likeness (QED) is 0.490. The molecular formula is C27H39ClN4O3. The third kappa shape index (κ3) is 8.29. The zero-order valence-corrected chi connectivity index (χ0v) is 21.6. The van der Waals surface area contributed by atoms with Crippen LogP contribution in [0.15, 0.2) is 42.6 Å². The molecule has 1 saturated carbocycles. The normalized spacial score (nSPS) is 16.9. The highest BCUT2D eigenvalue weighted by molar-refractivity contribution is 5.85. The van der Waals surface area contributed by atoms with Crippen LogP contribution < -0.4 is 19.7 Å². The van der Waals surface area contributed by atoms with E-state index in [-0.39, 0.29) is 12.4 Å². The van der Waals surface area contributed by atoms with E-state index >= 15 is 0 Å². The Morgan fingerprint density at radius 3 is 2.54 bits per heavy atom. The number of nitrogens with zero attached hydrogens (tertiary/aromatic N) is 3. The predicted octanol–water partition coefficient (Wildman–Crippen LogP) is 4.94. The number of carbonyl (C=O) groups is 1. The molecule has 0 bridgehead atoms. The number of halogens is 1. The second-order valence-electron chi connectivity index (χ2n) is 9.38. The summed E-state index contributed by atoms with van der Waals surface area (Å²) in [6.07, 6.45) is 10.1. The average molecular weight is 503 g/mol. The van der Waals surface area contributed by atoms with E-state index in [4.69, 9.17) is 9.47 Å². The molecule has 0 atom stereocenters. The number of methoxy groups -OCH3 is 1. The van der Waals surface area contributed by atoms with Gasteiger partial charge in [0, 0.05) is 45.0 Å². The van der Waals surface area contributed by atoms with E-state index in [1.165, 1.54) is 37.7 Å². The number of nitrogens with one attached hydrogen (secondary N) is 1. The van der Waals surface area contributed by atoms with Crippen molar-refractivity contribution in [3.63, 3.8) is 0 Å². The molecule has 1 N–H and O–H groups in total. The Kier molecular flexibility index (Phi) is 10.9. The van der Waals surface area contributed by atoms with E-state index in [0.717, 1.165) is 62.9 Å². The van der Waals surface area contributed by atoms with E-state index in [0.29, 0.717) is 12.4 Å². The maximum atomic E-state index is 12.1. The molecule has 2 aliphatic rings. The van der Waals surface area contributed by atoms with Crippen molar-refractivity contribution in [2.75, 3.05) is 51.3 Å². The van der Waals surface area contributed by atoms with E-state index < -0.39 is 6.09 Å². The highest BCUT2D eigenvalue weighted by Gasteiger charge is 2.19. The van der Waals surface area contributed by atoms with Gasteiger partial charge < -0.3 is 19.7 Å². The Bertz CT molecular complexity index is 898. The number of piperazine rings is 1. The molecular weight excluding hydrogens is 464 g/mol. The lowest BCUT2D eigenvalue weighted by molar-refractivity contribution is 0.196. The second kappa shape index (κ2) is 14.1. The number of pyridine rings is 1. The van der Waals surface area contributed by atoms with E-state index in [9.17, 15) is 4.79 Å². The number of hydrogen-bond acceptors (Lipinski definition) is 6. The number of para-hydroxylation sites is 2. The maximum Gasteiger partial charge on any atom is 0.413 e. The Morgan fingerprint density at radius 1 is 1.06 bits per heavy atom. The van der Waals surface area contributed by atoms with E-state index in [1.54, 1.807) is 13.2 Å². The fourth-order valence-corrected chi connectivity index (χ4v) is 5.04. The monoisotopic (exact) mass is 502 g/mol. The van der Waals surface area contributed by atoms with Crippen molar-refractivity contribution in [3.05, 3.63) is 48.2 Å². The Morgan fingerprint density at radius 2 is 1.83 bits per heavy atom. The molecule has 8 heteroatoms. The fourth-order valence-electron chi connectivity index (χ4n) is 5.04. The molecule has 1 aromatic heterocycles. The van der Waals surface area contributed by atoms with Gasteiger partial charge >= 0.3 is 6.09 Å². The molecule has 0 radical (unpaired) electrons. The van der Waals surface area contributed by atoms with Gasteiger partial charge in [0.15, 0.2) is 0 Å². The van der Waals surface area contributed by atoms with Crippen LogP contribution in [0.3, 0.4) is 0 Å². The summed E-state index contributed by atoms with van der Waals surface area (Å²) in [5.74, 6) is 2.05. The minimum Gasteiger partial charge on any atom is -0.495 e. The summed E-state index contributed by atoms with van der Waals surface area (Å²) in [7, 11) is 1.72. The molecule has 2 heterocycles. The molecule has 1 aliphatic heterocycles. The van der Waals surface area contributed by atoms with Crippen molar-refractivity contribution in [2.24, 2.45) is 5.92 Å². The van der Waals surface area contributed by atoms with Crippen LogP contribution in [0.2, 0.25) is 0 Å². The number of amides is 1. The molecule has 2 aromatic rings. The molecule has 1 aromatic carbocycles. The third-order valence-corrected chi connectivity index (χ3v) is 6.96. The molecule has 0 unspecified atom stereocenters. The Hall–Kier alpha value is -2.51. The Labute approximate surface area is 215 Å². The zero-order chi connectivity index (χ0) is 23.6. The third-order valence-electron chi connectivity index (χ3n) is 6.96. The van der Waals surface area contributed by atoms with Crippen LogP contribution in [0, 0.1) is 5.92 Å². The molecule has 1 aliphatic carbocycles. The highest BCUT2D eigenvalue weighted by Crippen LogP contribution is 2.28. The molecule has 1 amide bonds. The SMILES string of the molecule is COc1ccccc1N1CCN(CCCNC(=O)Oc2ccc(CC3CCCCC3)cn2)CC1.Cl. The van der Waals surface area contributed by atoms with Crippen LogP contribution in [0.1, 0.15) is 44.1 Å². The minimum absolute atomic E-state index is 0. The van der Waals surface area contributed by atoms with Crippen molar-refractivity contribution in [1.82, 2.24) is 15.2 Å². The Balaban J connectivity index is 0.00000342. The van der Waals surface area contributed by atoms with Gasteiger partial charge in [-0.15, -0.1) is 12.4 Å². The smallest absolute Gasteiger partial charge is 0.413 e. The number of aromatic nitrogens is 1. The minimum atomic E-state index is -0.437. The van der Waals surface area contributed by atoms with Gasteiger partial charge in [-0.2, -0.15) is 0 Å². The van der Waals surface area contributed by atoms with Crippen molar-refractivity contribution >= 4 is 24.2 Å². The standard InChI is InChI=1S/C27H38N4O3.ClH/c1-33-25-11-6-5-10-24(25)31-18-16-30(17-19-31)15-7-14-28-27(32)34-26-13-12-23(21-29-26)20-22-8-3-2-4-9-22;/h5-6,10-13,21-22H,2-4,7-9,14-20H2,1H3,(H,28,32);1H. The molecule has 35 heavy (non-hydrogen) atoms. The maximum absolute atomic E-state index is 12.1. The highest BCUT2D eigenvalue weighted by atomic mass is 35.5. The summed E-state index contributed by atoms with van der Waals surface area (Å²) in [5, 5.41) is 2.85. The molecule has 192 valence electrons.